The van der Waals surface area contributed by atoms with Gasteiger partial charge in [0.05, 0.1) is 28.7 Å². The first-order chi connectivity index (χ1) is 11.6. The van der Waals surface area contributed by atoms with E-state index in [0.717, 1.165) is 43.6 Å². The Hall–Kier alpha value is -2.90. The molecule has 0 fully saturated rings. The maximum absolute atomic E-state index is 12.9. The summed E-state index contributed by atoms with van der Waals surface area (Å²) in [6, 6.07) is 5.73. The van der Waals surface area contributed by atoms with Gasteiger partial charge < -0.3 is 10.4 Å². The van der Waals surface area contributed by atoms with E-state index in [9.17, 15) is 22.7 Å². The van der Waals surface area contributed by atoms with Crippen molar-refractivity contribution >= 4 is 21.4 Å². The topological polar surface area (TPSA) is 133 Å². The summed E-state index contributed by atoms with van der Waals surface area (Å²) in [7, 11) is -4.03. The van der Waals surface area contributed by atoms with Crippen LogP contribution >= 0.6 is 0 Å². The lowest BCUT2D eigenvalue weighted by Crippen LogP contribution is -2.45. The molecule has 0 saturated carbocycles. The fourth-order valence-electron chi connectivity index (χ4n) is 1.88. The van der Waals surface area contributed by atoms with Crippen LogP contribution in [0.2, 0.25) is 0 Å². The monoisotopic (exact) mass is 364 g/mol. The Morgan fingerprint density at radius 3 is 2.40 bits per heavy atom. The Balaban J connectivity index is 2.14. The van der Waals surface area contributed by atoms with Gasteiger partial charge in [-0.1, -0.05) is 0 Å². The first-order valence-electron chi connectivity index (χ1n) is 6.88. The van der Waals surface area contributed by atoms with Gasteiger partial charge in [0.15, 0.2) is 15.4 Å². The summed E-state index contributed by atoms with van der Waals surface area (Å²) >= 11 is 0. The quantitative estimate of drug-likeness (QED) is 0.744. The van der Waals surface area contributed by atoms with Crippen molar-refractivity contribution in [2.75, 3.05) is 11.1 Å². The largest absolute Gasteiger partial charge is 0.379 e. The summed E-state index contributed by atoms with van der Waals surface area (Å²) in [5, 5.41) is 21.1. The molecule has 0 spiro atoms. The van der Waals surface area contributed by atoms with Crippen LogP contribution in [0.3, 0.4) is 0 Å². The standard InChI is InChI=1S/C15H13FN4O4S/c1-15(22,9-25(23,24)12-4-2-10(16)3-5-12)14(21)20-11-7-18-13(6-17)19-8-11/h2-5,7-8,22H,9H2,1H3,(H,20,21)/t15-/m0/s1. The van der Waals surface area contributed by atoms with Gasteiger partial charge in [-0.05, 0) is 31.2 Å². The van der Waals surface area contributed by atoms with Crippen LogP contribution in [0.25, 0.3) is 0 Å². The van der Waals surface area contributed by atoms with E-state index >= 15 is 0 Å². The number of hydrogen-bond acceptors (Lipinski definition) is 7. The van der Waals surface area contributed by atoms with E-state index in [0.29, 0.717) is 0 Å². The Kier molecular flexibility index (Phi) is 5.10. The number of benzene rings is 1. The van der Waals surface area contributed by atoms with Crippen molar-refractivity contribution in [3.8, 4) is 6.07 Å². The molecule has 25 heavy (non-hydrogen) atoms. The number of rotatable bonds is 5. The van der Waals surface area contributed by atoms with Crippen molar-refractivity contribution in [1.82, 2.24) is 9.97 Å². The van der Waals surface area contributed by atoms with Gasteiger partial charge in [0.25, 0.3) is 5.91 Å². The van der Waals surface area contributed by atoms with Crippen molar-refractivity contribution < 1.29 is 22.7 Å². The molecule has 0 radical (unpaired) electrons. The van der Waals surface area contributed by atoms with Crippen molar-refractivity contribution in [2.24, 2.45) is 0 Å². The number of anilines is 1. The number of nitrogens with one attached hydrogen (secondary N) is 1. The van der Waals surface area contributed by atoms with Gasteiger partial charge in [0.2, 0.25) is 5.82 Å². The number of nitrogens with zero attached hydrogens (tertiary/aromatic N) is 3. The van der Waals surface area contributed by atoms with E-state index in [-0.39, 0.29) is 16.4 Å². The van der Waals surface area contributed by atoms with Crippen LogP contribution in [-0.2, 0) is 14.6 Å². The van der Waals surface area contributed by atoms with Crippen LogP contribution in [0.15, 0.2) is 41.6 Å². The van der Waals surface area contributed by atoms with E-state index in [1.165, 1.54) is 0 Å². The van der Waals surface area contributed by atoms with Gasteiger partial charge in [-0.25, -0.2) is 22.8 Å². The maximum atomic E-state index is 12.9. The number of amides is 1. The summed E-state index contributed by atoms with van der Waals surface area (Å²) in [4.78, 5) is 19.2. The van der Waals surface area contributed by atoms with E-state index in [2.05, 4.69) is 15.3 Å². The number of carbonyl (C=O) groups is 1. The van der Waals surface area contributed by atoms with E-state index in [4.69, 9.17) is 5.26 Å². The fourth-order valence-corrected chi connectivity index (χ4v) is 3.47. The predicted molar refractivity (Wildman–Crippen MR) is 84.5 cm³/mol. The summed E-state index contributed by atoms with van der Waals surface area (Å²) in [5.74, 6) is -2.62. The van der Waals surface area contributed by atoms with Gasteiger partial charge >= 0.3 is 0 Å². The molecular weight excluding hydrogens is 351 g/mol. The number of sulfone groups is 1. The lowest BCUT2D eigenvalue weighted by Gasteiger charge is -2.22. The zero-order valence-electron chi connectivity index (χ0n) is 13.0. The highest BCUT2D eigenvalue weighted by atomic mass is 32.2. The van der Waals surface area contributed by atoms with Crippen molar-refractivity contribution in [2.45, 2.75) is 17.4 Å². The molecule has 1 atom stereocenters. The second-order valence-corrected chi connectivity index (χ2v) is 7.34. The third-order valence-corrected chi connectivity index (χ3v) is 5.08. The maximum Gasteiger partial charge on any atom is 0.257 e. The zero-order valence-corrected chi connectivity index (χ0v) is 13.8. The highest BCUT2D eigenvalue weighted by Crippen LogP contribution is 2.19. The van der Waals surface area contributed by atoms with Crippen LogP contribution in [0.1, 0.15) is 12.7 Å². The van der Waals surface area contributed by atoms with Crippen LogP contribution < -0.4 is 5.32 Å². The van der Waals surface area contributed by atoms with Crippen LogP contribution in [-0.4, -0.2) is 40.8 Å². The Morgan fingerprint density at radius 2 is 1.88 bits per heavy atom. The molecule has 10 heteroatoms. The van der Waals surface area contributed by atoms with Gasteiger partial charge in [0, 0.05) is 0 Å². The van der Waals surface area contributed by atoms with Gasteiger partial charge in [-0.15, -0.1) is 0 Å². The number of hydrogen-bond donors (Lipinski definition) is 2. The molecule has 0 aliphatic heterocycles. The van der Waals surface area contributed by atoms with Crippen LogP contribution in [0.4, 0.5) is 10.1 Å². The second kappa shape index (κ2) is 6.92. The summed E-state index contributed by atoms with van der Waals surface area (Å²) in [6.45, 7) is 1.04. The Labute approximate surface area is 142 Å². The van der Waals surface area contributed by atoms with Crippen LogP contribution in [0.5, 0.6) is 0 Å². The lowest BCUT2D eigenvalue weighted by molar-refractivity contribution is -0.130. The van der Waals surface area contributed by atoms with Crippen molar-refractivity contribution in [1.29, 1.82) is 5.26 Å². The molecule has 0 unspecified atom stereocenters. The fraction of sp³-hybridized carbons (Fsp3) is 0.200. The highest BCUT2D eigenvalue weighted by molar-refractivity contribution is 7.91. The lowest BCUT2D eigenvalue weighted by atomic mass is 10.1. The summed E-state index contributed by atoms with van der Waals surface area (Å²) in [5.41, 5.74) is -2.18. The molecule has 1 aromatic heterocycles. The van der Waals surface area contributed by atoms with E-state index in [1.54, 1.807) is 6.07 Å². The zero-order chi connectivity index (χ0) is 18.7. The number of halogens is 1. The van der Waals surface area contributed by atoms with E-state index in [1.807, 2.05) is 0 Å². The molecule has 1 amide bonds. The van der Waals surface area contributed by atoms with Crippen LogP contribution in [0, 0.1) is 17.1 Å². The second-order valence-electron chi connectivity index (χ2n) is 5.35. The molecule has 2 aromatic rings. The Bertz CT molecular complexity index is 919. The molecule has 1 aromatic carbocycles. The molecule has 130 valence electrons. The number of aromatic nitrogens is 2. The molecule has 2 N–H and O–H groups in total. The van der Waals surface area contributed by atoms with Crippen molar-refractivity contribution in [3.63, 3.8) is 0 Å². The molecule has 0 bridgehead atoms. The Morgan fingerprint density at radius 1 is 1.32 bits per heavy atom. The first-order valence-corrected chi connectivity index (χ1v) is 8.53. The minimum atomic E-state index is -4.03. The summed E-state index contributed by atoms with van der Waals surface area (Å²) in [6.07, 6.45) is 2.29. The molecule has 0 saturated heterocycles. The molecular formula is C15H13FN4O4S. The summed E-state index contributed by atoms with van der Waals surface area (Å²) < 4.78 is 37.4. The third-order valence-electron chi connectivity index (χ3n) is 3.14. The van der Waals surface area contributed by atoms with E-state index < -0.39 is 32.9 Å². The van der Waals surface area contributed by atoms with Gasteiger partial charge in [-0.2, -0.15) is 5.26 Å². The molecule has 8 nitrogen and oxygen atoms in total. The smallest absolute Gasteiger partial charge is 0.257 e. The molecule has 0 aliphatic rings. The minimum Gasteiger partial charge on any atom is -0.379 e. The average molecular weight is 364 g/mol. The number of carbonyl (C=O) groups excluding carboxylic acids is 1. The first kappa shape index (κ1) is 18.4. The molecule has 2 rings (SSSR count). The predicted octanol–water partition coefficient (Wildman–Crippen LogP) is 0.651. The average Bonchev–Trinajstić information content (AvgIpc) is 2.55. The normalized spacial score (nSPS) is 13.5. The number of aliphatic hydroxyl groups is 1. The number of nitriles is 1. The molecule has 0 aliphatic carbocycles. The van der Waals surface area contributed by atoms with Gasteiger partial charge in [0.1, 0.15) is 11.9 Å². The third kappa shape index (κ3) is 4.56. The van der Waals surface area contributed by atoms with Crippen molar-refractivity contribution in [3.05, 3.63) is 48.3 Å². The molecule has 1 heterocycles. The minimum absolute atomic E-state index is 0.0865. The highest BCUT2D eigenvalue weighted by Gasteiger charge is 2.36. The SMILES string of the molecule is C[C@](O)(CS(=O)(=O)c1ccc(F)cc1)C(=O)Nc1cnc(C#N)nc1. The van der Waals surface area contributed by atoms with Gasteiger partial charge in [-0.3, -0.25) is 4.79 Å².